The molecule has 3 nitrogen and oxygen atoms in total. The molecule has 2 aromatic rings. The van der Waals surface area contributed by atoms with Gasteiger partial charge in [-0.25, -0.2) is 5.84 Å². The predicted octanol–water partition coefficient (Wildman–Crippen LogP) is 3.89. The van der Waals surface area contributed by atoms with E-state index in [9.17, 15) is 4.79 Å². The van der Waals surface area contributed by atoms with E-state index in [2.05, 4.69) is 5.43 Å². The second-order valence-electron chi connectivity index (χ2n) is 4.00. The maximum Gasteiger partial charge on any atom is 0.265 e. The van der Waals surface area contributed by atoms with Crippen molar-refractivity contribution >= 4 is 40.9 Å². The quantitative estimate of drug-likeness (QED) is 0.388. The Morgan fingerprint density at radius 3 is 2.60 bits per heavy atom. The monoisotopic (exact) mass is 326 g/mol. The number of benzene rings is 2. The highest BCUT2D eigenvalue weighted by molar-refractivity contribution is 7.98. The molecular weight excluding hydrogens is 315 g/mol. The summed E-state index contributed by atoms with van der Waals surface area (Å²) in [5.74, 6) is 5.52. The summed E-state index contributed by atoms with van der Waals surface area (Å²) in [6, 6.07) is 12.8. The van der Waals surface area contributed by atoms with E-state index < -0.39 is 0 Å². The zero-order valence-electron chi connectivity index (χ0n) is 10.4. The molecule has 0 saturated heterocycles. The van der Waals surface area contributed by atoms with Gasteiger partial charge in [0, 0.05) is 16.2 Å². The zero-order chi connectivity index (χ0) is 14.5. The number of nitrogen functional groups attached to an aromatic ring is 1. The van der Waals surface area contributed by atoms with Gasteiger partial charge in [-0.2, -0.15) is 0 Å². The third kappa shape index (κ3) is 3.67. The maximum atomic E-state index is 11.7. The van der Waals surface area contributed by atoms with Crippen molar-refractivity contribution in [3.8, 4) is 0 Å². The van der Waals surface area contributed by atoms with Crippen LogP contribution < -0.4 is 11.3 Å². The molecule has 104 valence electrons. The van der Waals surface area contributed by atoms with E-state index in [-0.39, 0.29) is 5.91 Å². The first-order chi connectivity index (χ1) is 9.61. The zero-order valence-corrected chi connectivity index (χ0v) is 12.7. The number of rotatable bonds is 4. The molecule has 0 unspecified atom stereocenters. The summed E-state index contributed by atoms with van der Waals surface area (Å²) in [6.45, 7) is 0. The summed E-state index contributed by atoms with van der Waals surface area (Å²) >= 11 is 13.4. The minimum Gasteiger partial charge on any atom is -0.290 e. The summed E-state index contributed by atoms with van der Waals surface area (Å²) in [5, 5.41) is 1.04. The van der Waals surface area contributed by atoms with Gasteiger partial charge in [-0.05, 0) is 29.8 Å². The average Bonchev–Trinajstić information content (AvgIpc) is 2.48. The first-order valence-corrected chi connectivity index (χ1v) is 7.52. The van der Waals surface area contributed by atoms with Crippen LogP contribution in [0.1, 0.15) is 15.9 Å². The van der Waals surface area contributed by atoms with Crippen molar-refractivity contribution in [2.45, 2.75) is 10.6 Å². The molecule has 0 aliphatic carbocycles. The Labute approximate surface area is 131 Å². The van der Waals surface area contributed by atoms with Crippen LogP contribution >= 0.6 is 35.0 Å². The molecule has 2 rings (SSSR count). The van der Waals surface area contributed by atoms with Gasteiger partial charge < -0.3 is 0 Å². The number of halogens is 2. The van der Waals surface area contributed by atoms with E-state index in [4.69, 9.17) is 29.0 Å². The summed E-state index contributed by atoms with van der Waals surface area (Å²) in [4.78, 5) is 12.6. The molecule has 0 heterocycles. The fraction of sp³-hybridized carbons (Fsp3) is 0.0714. The fourth-order valence-corrected chi connectivity index (χ4v) is 2.98. The van der Waals surface area contributed by atoms with Crippen molar-refractivity contribution in [1.82, 2.24) is 5.43 Å². The van der Waals surface area contributed by atoms with Gasteiger partial charge in [0.15, 0.2) is 0 Å². The van der Waals surface area contributed by atoms with Gasteiger partial charge in [0.25, 0.3) is 5.91 Å². The molecule has 1 amide bonds. The van der Waals surface area contributed by atoms with Gasteiger partial charge in [0.2, 0.25) is 0 Å². The lowest BCUT2D eigenvalue weighted by atomic mass is 10.1. The lowest BCUT2D eigenvalue weighted by Gasteiger charge is -2.08. The smallest absolute Gasteiger partial charge is 0.265 e. The Bertz CT molecular complexity index is 634. The Kier molecular flexibility index (Phi) is 5.31. The minimum absolute atomic E-state index is 0.296. The first kappa shape index (κ1) is 15.2. The number of hydrazine groups is 1. The third-order valence-electron chi connectivity index (χ3n) is 2.68. The number of nitrogens with two attached hydrogens (primary N) is 1. The highest BCUT2D eigenvalue weighted by Gasteiger charge is 2.09. The van der Waals surface area contributed by atoms with E-state index in [1.807, 2.05) is 18.2 Å². The molecule has 3 N–H and O–H groups in total. The second kappa shape index (κ2) is 6.99. The van der Waals surface area contributed by atoms with E-state index >= 15 is 0 Å². The molecule has 6 heteroatoms. The van der Waals surface area contributed by atoms with Crippen molar-refractivity contribution in [2.24, 2.45) is 5.84 Å². The molecule has 0 spiro atoms. The summed E-state index contributed by atoms with van der Waals surface area (Å²) < 4.78 is 0. The lowest BCUT2D eigenvalue weighted by Crippen LogP contribution is -2.30. The molecule has 2 aromatic carbocycles. The van der Waals surface area contributed by atoms with Gasteiger partial charge in [0.05, 0.1) is 10.0 Å². The topological polar surface area (TPSA) is 55.1 Å². The number of hydrogen-bond donors (Lipinski definition) is 2. The molecule has 0 aliphatic heterocycles. The van der Waals surface area contributed by atoms with Crippen LogP contribution in [0.2, 0.25) is 10.0 Å². The van der Waals surface area contributed by atoms with E-state index in [1.165, 1.54) is 0 Å². The van der Waals surface area contributed by atoms with Crippen molar-refractivity contribution < 1.29 is 4.79 Å². The Hall–Kier alpha value is -1.20. The van der Waals surface area contributed by atoms with Crippen LogP contribution in [0.15, 0.2) is 47.4 Å². The fourth-order valence-electron chi connectivity index (χ4n) is 1.67. The molecule has 0 radical (unpaired) electrons. The third-order valence-corrected chi connectivity index (χ3v) is 4.46. The highest BCUT2D eigenvalue weighted by atomic mass is 35.5. The van der Waals surface area contributed by atoms with Gasteiger partial charge in [-0.3, -0.25) is 10.2 Å². The SMILES string of the molecule is NNC(=O)c1ccccc1CSc1ccc(Cl)c(Cl)c1. The van der Waals surface area contributed by atoms with Gasteiger partial charge in [-0.1, -0.05) is 41.4 Å². The lowest BCUT2D eigenvalue weighted by molar-refractivity contribution is 0.0953. The molecular formula is C14H12Cl2N2OS. The number of thioether (sulfide) groups is 1. The van der Waals surface area contributed by atoms with Crippen LogP contribution in [0.3, 0.4) is 0 Å². The van der Waals surface area contributed by atoms with Crippen molar-refractivity contribution in [2.75, 3.05) is 0 Å². The minimum atomic E-state index is -0.296. The molecule has 20 heavy (non-hydrogen) atoms. The molecule has 0 saturated carbocycles. The Morgan fingerprint density at radius 2 is 1.90 bits per heavy atom. The van der Waals surface area contributed by atoms with Crippen molar-refractivity contribution in [3.05, 3.63) is 63.6 Å². The van der Waals surface area contributed by atoms with E-state index in [1.54, 1.807) is 36.0 Å². The molecule has 0 bridgehead atoms. The van der Waals surface area contributed by atoms with E-state index in [0.717, 1.165) is 10.5 Å². The highest BCUT2D eigenvalue weighted by Crippen LogP contribution is 2.30. The van der Waals surface area contributed by atoms with Crippen LogP contribution in [0.4, 0.5) is 0 Å². The summed E-state index contributed by atoms with van der Waals surface area (Å²) in [6.07, 6.45) is 0. The van der Waals surface area contributed by atoms with Crippen LogP contribution in [0, 0.1) is 0 Å². The number of carbonyl (C=O) groups is 1. The standard InChI is InChI=1S/C14H12Cl2N2OS/c15-12-6-5-10(7-13(12)16)20-8-9-3-1-2-4-11(9)14(19)18-17/h1-7H,8,17H2,(H,18,19). The maximum absolute atomic E-state index is 11.7. The van der Waals surface area contributed by atoms with Crippen molar-refractivity contribution in [1.29, 1.82) is 0 Å². The number of nitrogens with one attached hydrogen (secondary N) is 1. The number of carbonyl (C=O) groups excluding carboxylic acids is 1. The molecule has 0 atom stereocenters. The van der Waals surface area contributed by atoms with E-state index in [0.29, 0.717) is 21.4 Å². The predicted molar refractivity (Wildman–Crippen MR) is 84.1 cm³/mol. The molecule has 0 aliphatic rings. The first-order valence-electron chi connectivity index (χ1n) is 5.78. The van der Waals surface area contributed by atoms with Gasteiger partial charge >= 0.3 is 0 Å². The molecule has 0 fully saturated rings. The molecule has 0 aromatic heterocycles. The second-order valence-corrected chi connectivity index (χ2v) is 5.86. The Morgan fingerprint density at radius 1 is 1.15 bits per heavy atom. The summed E-state index contributed by atoms with van der Waals surface area (Å²) in [7, 11) is 0. The van der Waals surface area contributed by atoms with Crippen LogP contribution in [-0.4, -0.2) is 5.91 Å². The van der Waals surface area contributed by atoms with Crippen LogP contribution in [0.5, 0.6) is 0 Å². The van der Waals surface area contributed by atoms with Crippen LogP contribution in [-0.2, 0) is 5.75 Å². The average molecular weight is 327 g/mol. The Balaban J connectivity index is 2.14. The van der Waals surface area contributed by atoms with Gasteiger partial charge in [-0.15, -0.1) is 11.8 Å². The number of hydrogen-bond acceptors (Lipinski definition) is 3. The van der Waals surface area contributed by atoms with Crippen LogP contribution in [0.25, 0.3) is 0 Å². The largest absolute Gasteiger partial charge is 0.290 e. The van der Waals surface area contributed by atoms with Gasteiger partial charge in [0.1, 0.15) is 0 Å². The number of amides is 1. The normalized spacial score (nSPS) is 10.3. The summed E-state index contributed by atoms with van der Waals surface area (Å²) in [5.41, 5.74) is 3.63. The van der Waals surface area contributed by atoms with Crippen molar-refractivity contribution in [3.63, 3.8) is 0 Å².